The highest BCUT2D eigenvalue weighted by Crippen LogP contribution is 2.29. The molecule has 2 heterocycles. The second-order valence-electron chi connectivity index (χ2n) is 5.66. The van der Waals surface area contributed by atoms with Crippen LogP contribution in [0.25, 0.3) is 0 Å². The Morgan fingerprint density at radius 1 is 1.32 bits per heavy atom. The molecule has 19 heavy (non-hydrogen) atoms. The molecule has 2 aliphatic rings. The van der Waals surface area contributed by atoms with Gasteiger partial charge in [-0.15, -0.1) is 11.3 Å². The Hall–Kier alpha value is -0.870. The second kappa shape index (κ2) is 6.06. The van der Waals surface area contributed by atoms with Gasteiger partial charge in [-0.05, 0) is 43.6 Å². The molecule has 0 aromatic carbocycles. The number of hydrogen-bond acceptors (Lipinski definition) is 3. The van der Waals surface area contributed by atoms with Crippen LogP contribution in [0.15, 0.2) is 17.5 Å². The minimum Gasteiger partial charge on any atom is -0.342 e. The van der Waals surface area contributed by atoms with Crippen LogP contribution in [-0.2, 0) is 11.3 Å². The molecule has 0 spiro atoms. The van der Waals surface area contributed by atoms with Crippen molar-refractivity contribution in [2.45, 2.75) is 44.7 Å². The molecule has 3 rings (SSSR count). The average molecular weight is 278 g/mol. The highest BCUT2D eigenvalue weighted by atomic mass is 32.1. The molecule has 1 aromatic heterocycles. The number of thiophene rings is 1. The van der Waals surface area contributed by atoms with Gasteiger partial charge in [-0.2, -0.15) is 0 Å². The quantitative estimate of drug-likeness (QED) is 0.827. The number of hydrogen-bond donors (Lipinski definition) is 0. The van der Waals surface area contributed by atoms with Crippen molar-refractivity contribution in [2.24, 2.45) is 0 Å². The number of carbonyl (C=O) groups excluding carboxylic acids is 1. The maximum Gasteiger partial charge on any atom is 0.236 e. The van der Waals surface area contributed by atoms with Crippen LogP contribution in [0.4, 0.5) is 0 Å². The van der Waals surface area contributed by atoms with Gasteiger partial charge >= 0.3 is 0 Å². The summed E-state index contributed by atoms with van der Waals surface area (Å²) in [5.74, 6) is 0.336. The topological polar surface area (TPSA) is 23.6 Å². The van der Waals surface area contributed by atoms with E-state index >= 15 is 0 Å². The van der Waals surface area contributed by atoms with Crippen molar-refractivity contribution in [1.82, 2.24) is 9.80 Å². The van der Waals surface area contributed by atoms with Crippen molar-refractivity contribution in [3.05, 3.63) is 22.4 Å². The molecule has 0 atom stereocenters. The van der Waals surface area contributed by atoms with Crippen molar-refractivity contribution < 1.29 is 4.79 Å². The Morgan fingerprint density at radius 2 is 2.11 bits per heavy atom. The maximum absolute atomic E-state index is 12.4. The van der Waals surface area contributed by atoms with Crippen molar-refractivity contribution in [3.63, 3.8) is 0 Å². The minimum absolute atomic E-state index is 0.336. The zero-order chi connectivity index (χ0) is 13.1. The van der Waals surface area contributed by atoms with Crippen LogP contribution in [0.2, 0.25) is 0 Å². The second-order valence-corrected chi connectivity index (χ2v) is 6.69. The van der Waals surface area contributed by atoms with Gasteiger partial charge in [-0.3, -0.25) is 9.69 Å². The SMILES string of the molecule is O=C(CN(Cc1cccs1)C1CC1)N1CCCCC1. The molecule has 0 N–H and O–H groups in total. The molecule has 0 radical (unpaired) electrons. The summed E-state index contributed by atoms with van der Waals surface area (Å²) in [5.41, 5.74) is 0. The highest BCUT2D eigenvalue weighted by Gasteiger charge is 2.31. The van der Waals surface area contributed by atoms with Crippen LogP contribution >= 0.6 is 11.3 Å². The van der Waals surface area contributed by atoms with Gasteiger partial charge in [0.2, 0.25) is 5.91 Å². The zero-order valence-corrected chi connectivity index (χ0v) is 12.2. The third-order valence-corrected chi connectivity index (χ3v) is 4.91. The first-order valence-electron chi connectivity index (χ1n) is 7.37. The fraction of sp³-hybridized carbons (Fsp3) is 0.667. The van der Waals surface area contributed by atoms with Crippen LogP contribution in [0.3, 0.4) is 0 Å². The molecule has 1 saturated carbocycles. The molecular weight excluding hydrogens is 256 g/mol. The Labute approximate surface area is 119 Å². The smallest absolute Gasteiger partial charge is 0.236 e. The number of carbonyl (C=O) groups is 1. The van der Waals surface area contributed by atoms with E-state index in [1.807, 2.05) is 0 Å². The van der Waals surface area contributed by atoms with Gasteiger partial charge in [0.1, 0.15) is 0 Å². The Bertz CT molecular complexity index is 408. The standard InChI is InChI=1S/C15H22N2OS/c18-15(16-8-2-1-3-9-16)12-17(13-6-7-13)11-14-5-4-10-19-14/h4-5,10,13H,1-3,6-9,11-12H2. The van der Waals surface area contributed by atoms with Crippen molar-refractivity contribution in [3.8, 4) is 0 Å². The maximum atomic E-state index is 12.4. The molecule has 104 valence electrons. The van der Waals surface area contributed by atoms with Crippen molar-refractivity contribution >= 4 is 17.2 Å². The van der Waals surface area contributed by atoms with E-state index in [0.29, 0.717) is 18.5 Å². The summed E-state index contributed by atoms with van der Waals surface area (Å²) in [7, 11) is 0. The minimum atomic E-state index is 0.336. The van der Waals surface area contributed by atoms with Gasteiger partial charge in [-0.1, -0.05) is 6.07 Å². The summed E-state index contributed by atoms with van der Waals surface area (Å²) in [6.45, 7) is 3.50. The van der Waals surface area contributed by atoms with Crippen molar-refractivity contribution in [1.29, 1.82) is 0 Å². The lowest BCUT2D eigenvalue weighted by molar-refractivity contribution is -0.133. The summed E-state index contributed by atoms with van der Waals surface area (Å²) in [6, 6.07) is 4.92. The van der Waals surface area contributed by atoms with E-state index in [1.165, 1.54) is 37.0 Å². The molecule has 4 heteroatoms. The number of likely N-dealkylation sites (tertiary alicyclic amines) is 1. The molecule has 1 saturated heterocycles. The molecule has 1 aliphatic carbocycles. The molecule has 2 fully saturated rings. The van der Waals surface area contributed by atoms with E-state index in [0.717, 1.165) is 19.6 Å². The third kappa shape index (κ3) is 3.57. The fourth-order valence-corrected chi connectivity index (χ4v) is 3.50. The van der Waals surface area contributed by atoms with Gasteiger partial charge in [0.25, 0.3) is 0 Å². The largest absolute Gasteiger partial charge is 0.342 e. The predicted octanol–water partition coefficient (Wildman–Crippen LogP) is 2.73. The van der Waals surface area contributed by atoms with Crippen LogP contribution < -0.4 is 0 Å². The zero-order valence-electron chi connectivity index (χ0n) is 11.4. The van der Waals surface area contributed by atoms with E-state index in [1.54, 1.807) is 11.3 Å². The third-order valence-electron chi connectivity index (χ3n) is 4.05. The Kier molecular flexibility index (Phi) is 4.18. The van der Waals surface area contributed by atoms with Crippen LogP contribution in [0, 0.1) is 0 Å². The predicted molar refractivity (Wildman–Crippen MR) is 78.2 cm³/mol. The molecule has 0 unspecified atom stereocenters. The van der Waals surface area contributed by atoms with Gasteiger partial charge in [0, 0.05) is 30.6 Å². The molecule has 1 amide bonds. The Morgan fingerprint density at radius 3 is 2.74 bits per heavy atom. The van der Waals surface area contributed by atoms with E-state index in [-0.39, 0.29) is 0 Å². The molecule has 1 aliphatic heterocycles. The first kappa shape index (κ1) is 13.1. The average Bonchev–Trinajstić information content (AvgIpc) is 3.17. The lowest BCUT2D eigenvalue weighted by Crippen LogP contribution is -2.43. The van der Waals surface area contributed by atoms with Crippen LogP contribution in [-0.4, -0.2) is 41.4 Å². The van der Waals surface area contributed by atoms with Gasteiger partial charge in [0.05, 0.1) is 6.54 Å². The van der Waals surface area contributed by atoms with Gasteiger partial charge in [-0.25, -0.2) is 0 Å². The summed E-state index contributed by atoms with van der Waals surface area (Å²) < 4.78 is 0. The summed E-state index contributed by atoms with van der Waals surface area (Å²) >= 11 is 1.79. The van der Waals surface area contributed by atoms with Gasteiger partial charge in [0.15, 0.2) is 0 Å². The monoisotopic (exact) mass is 278 g/mol. The van der Waals surface area contributed by atoms with E-state index < -0.39 is 0 Å². The normalized spacial score (nSPS) is 19.9. The first-order valence-corrected chi connectivity index (χ1v) is 8.25. The summed E-state index contributed by atoms with van der Waals surface area (Å²) in [5, 5.41) is 2.12. The fourth-order valence-electron chi connectivity index (χ4n) is 2.77. The first-order chi connectivity index (χ1) is 9.33. The van der Waals surface area contributed by atoms with Crippen molar-refractivity contribution in [2.75, 3.05) is 19.6 Å². The lowest BCUT2D eigenvalue weighted by Gasteiger charge is -2.30. The van der Waals surface area contributed by atoms with Gasteiger partial charge < -0.3 is 4.90 Å². The summed E-state index contributed by atoms with van der Waals surface area (Å²) in [4.78, 5) is 18.2. The molecule has 0 bridgehead atoms. The molecule has 3 nitrogen and oxygen atoms in total. The van der Waals surface area contributed by atoms with Crippen LogP contribution in [0.5, 0.6) is 0 Å². The summed E-state index contributed by atoms with van der Waals surface area (Å²) in [6.07, 6.45) is 6.17. The lowest BCUT2D eigenvalue weighted by atomic mass is 10.1. The molecule has 1 aromatic rings. The number of piperidine rings is 1. The van der Waals surface area contributed by atoms with Crippen LogP contribution in [0.1, 0.15) is 37.0 Å². The number of amides is 1. The number of rotatable bonds is 5. The van der Waals surface area contributed by atoms with E-state index in [2.05, 4.69) is 27.3 Å². The van der Waals surface area contributed by atoms with E-state index in [4.69, 9.17) is 0 Å². The van der Waals surface area contributed by atoms with E-state index in [9.17, 15) is 4.79 Å². The number of nitrogens with zero attached hydrogens (tertiary/aromatic N) is 2. The highest BCUT2D eigenvalue weighted by molar-refractivity contribution is 7.09. The Balaban J connectivity index is 1.56. The molecular formula is C15H22N2OS.